The molecule has 0 aliphatic rings. The minimum Gasteiger partial charge on any atom is -0.508 e. The number of phenolic OH excluding ortho intramolecular Hbond substituents is 1. The first kappa shape index (κ1) is 14.0. The topological polar surface area (TPSA) is 32.3 Å². The molecule has 0 aliphatic heterocycles. The van der Waals surface area contributed by atoms with E-state index in [9.17, 15) is 5.11 Å². The van der Waals surface area contributed by atoms with Gasteiger partial charge in [0.2, 0.25) is 0 Å². The van der Waals surface area contributed by atoms with Gasteiger partial charge in [0.25, 0.3) is 0 Å². The second-order valence-corrected chi connectivity index (χ2v) is 5.01. The standard InChI is InChI=1S/C15H25NO/c1-4-14(16-11-7-8-12(2)3)13-9-5-6-10-15(13)17/h5-6,9-10,12,14,16-17H,4,7-8,11H2,1-3H3. The molecule has 17 heavy (non-hydrogen) atoms. The molecule has 0 saturated heterocycles. The smallest absolute Gasteiger partial charge is 0.120 e. The number of rotatable bonds is 7. The van der Waals surface area contributed by atoms with E-state index in [0.29, 0.717) is 5.75 Å². The zero-order chi connectivity index (χ0) is 12.7. The van der Waals surface area contributed by atoms with Crippen LogP contribution in [0.2, 0.25) is 0 Å². The summed E-state index contributed by atoms with van der Waals surface area (Å²) in [6.45, 7) is 7.66. The van der Waals surface area contributed by atoms with Crippen molar-refractivity contribution in [3.8, 4) is 5.75 Å². The third-order valence-corrected chi connectivity index (χ3v) is 3.07. The van der Waals surface area contributed by atoms with Crippen molar-refractivity contribution < 1.29 is 5.11 Å². The van der Waals surface area contributed by atoms with Crippen molar-refractivity contribution in [3.05, 3.63) is 29.8 Å². The van der Waals surface area contributed by atoms with Crippen LogP contribution in [0.4, 0.5) is 0 Å². The lowest BCUT2D eigenvalue weighted by atomic mass is 10.0. The molecule has 1 unspecified atom stereocenters. The number of nitrogens with one attached hydrogen (secondary N) is 1. The van der Waals surface area contributed by atoms with Crippen molar-refractivity contribution in [2.24, 2.45) is 5.92 Å². The van der Waals surface area contributed by atoms with Gasteiger partial charge in [0, 0.05) is 11.6 Å². The van der Waals surface area contributed by atoms with Gasteiger partial charge < -0.3 is 10.4 Å². The number of para-hydroxylation sites is 1. The van der Waals surface area contributed by atoms with E-state index in [0.717, 1.165) is 24.4 Å². The van der Waals surface area contributed by atoms with Gasteiger partial charge >= 0.3 is 0 Å². The minimum absolute atomic E-state index is 0.267. The molecule has 2 nitrogen and oxygen atoms in total. The number of hydrogen-bond acceptors (Lipinski definition) is 2. The summed E-state index contributed by atoms with van der Waals surface area (Å²) in [4.78, 5) is 0. The van der Waals surface area contributed by atoms with Crippen LogP contribution in [0.25, 0.3) is 0 Å². The van der Waals surface area contributed by atoms with Gasteiger partial charge in [-0.3, -0.25) is 0 Å². The first-order valence-corrected chi connectivity index (χ1v) is 6.66. The molecule has 0 saturated carbocycles. The van der Waals surface area contributed by atoms with Gasteiger partial charge in [0.05, 0.1) is 0 Å². The van der Waals surface area contributed by atoms with Crippen molar-refractivity contribution in [2.75, 3.05) is 6.54 Å². The zero-order valence-electron chi connectivity index (χ0n) is 11.2. The van der Waals surface area contributed by atoms with Crippen LogP contribution < -0.4 is 5.32 Å². The second-order valence-electron chi connectivity index (χ2n) is 5.01. The molecule has 1 aromatic rings. The highest BCUT2D eigenvalue weighted by Crippen LogP contribution is 2.25. The number of phenols is 1. The molecule has 0 bridgehead atoms. The molecule has 96 valence electrons. The fourth-order valence-electron chi connectivity index (χ4n) is 2.04. The average molecular weight is 235 g/mol. The monoisotopic (exact) mass is 235 g/mol. The third-order valence-electron chi connectivity index (χ3n) is 3.07. The highest BCUT2D eigenvalue weighted by atomic mass is 16.3. The number of hydrogen-bond donors (Lipinski definition) is 2. The average Bonchev–Trinajstić information content (AvgIpc) is 2.30. The molecule has 2 heteroatoms. The predicted molar refractivity (Wildman–Crippen MR) is 73.2 cm³/mol. The maximum Gasteiger partial charge on any atom is 0.120 e. The van der Waals surface area contributed by atoms with Gasteiger partial charge in [-0.2, -0.15) is 0 Å². The molecule has 1 atom stereocenters. The lowest BCUT2D eigenvalue weighted by molar-refractivity contribution is 0.432. The first-order valence-electron chi connectivity index (χ1n) is 6.66. The van der Waals surface area contributed by atoms with Crippen molar-refractivity contribution in [3.63, 3.8) is 0 Å². The maximum atomic E-state index is 9.82. The Kier molecular flexibility index (Phi) is 6.06. The Morgan fingerprint density at radius 1 is 1.24 bits per heavy atom. The summed E-state index contributed by atoms with van der Waals surface area (Å²) in [7, 11) is 0. The molecule has 0 radical (unpaired) electrons. The Morgan fingerprint density at radius 2 is 1.94 bits per heavy atom. The maximum absolute atomic E-state index is 9.82. The zero-order valence-corrected chi connectivity index (χ0v) is 11.2. The molecular weight excluding hydrogens is 210 g/mol. The molecule has 0 heterocycles. The Morgan fingerprint density at radius 3 is 2.53 bits per heavy atom. The van der Waals surface area contributed by atoms with Gasteiger partial charge in [-0.25, -0.2) is 0 Å². The molecule has 0 fully saturated rings. The Bertz CT molecular complexity index is 322. The van der Waals surface area contributed by atoms with E-state index in [1.54, 1.807) is 6.07 Å². The summed E-state index contributed by atoms with van der Waals surface area (Å²) in [5.74, 6) is 1.16. The van der Waals surface area contributed by atoms with Crippen molar-refractivity contribution in [2.45, 2.75) is 46.1 Å². The molecule has 0 aliphatic carbocycles. The third kappa shape index (κ3) is 4.78. The summed E-state index contributed by atoms with van der Waals surface area (Å²) in [5, 5.41) is 13.3. The largest absolute Gasteiger partial charge is 0.508 e. The van der Waals surface area contributed by atoms with Crippen LogP contribution in [-0.4, -0.2) is 11.7 Å². The van der Waals surface area contributed by atoms with E-state index in [1.165, 1.54) is 12.8 Å². The van der Waals surface area contributed by atoms with Gasteiger partial charge in [0.15, 0.2) is 0 Å². The first-order chi connectivity index (χ1) is 8.15. The van der Waals surface area contributed by atoms with Crippen LogP contribution >= 0.6 is 0 Å². The molecule has 1 aromatic carbocycles. The highest BCUT2D eigenvalue weighted by molar-refractivity contribution is 5.34. The SMILES string of the molecule is CCC(NCCCC(C)C)c1ccccc1O. The molecule has 0 aromatic heterocycles. The van der Waals surface area contributed by atoms with Crippen LogP contribution in [0.3, 0.4) is 0 Å². The van der Waals surface area contributed by atoms with Crippen LogP contribution in [-0.2, 0) is 0 Å². The van der Waals surface area contributed by atoms with Crippen LogP contribution in [0.15, 0.2) is 24.3 Å². The van der Waals surface area contributed by atoms with Crippen molar-refractivity contribution in [1.29, 1.82) is 0 Å². The molecule has 0 spiro atoms. The number of aromatic hydroxyl groups is 1. The summed E-state index contributed by atoms with van der Waals surface area (Å²) < 4.78 is 0. The van der Waals surface area contributed by atoms with Gasteiger partial charge in [-0.05, 0) is 37.8 Å². The predicted octanol–water partition coefficient (Wildman–Crippen LogP) is 3.87. The Hall–Kier alpha value is -1.02. The van der Waals surface area contributed by atoms with Crippen molar-refractivity contribution in [1.82, 2.24) is 5.32 Å². The second kappa shape index (κ2) is 7.33. The fraction of sp³-hybridized carbons (Fsp3) is 0.600. The van der Waals surface area contributed by atoms with Crippen molar-refractivity contribution >= 4 is 0 Å². The van der Waals surface area contributed by atoms with E-state index >= 15 is 0 Å². The minimum atomic E-state index is 0.267. The van der Waals surface area contributed by atoms with Crippen LogP contribution in [0.5, 0.6) is 5.75 Å². The molecule has 1 rings (SSSR count). The summed E-state index contributed by atoms with van der Waals surface area (Å²) in [5.41, 5.74) is 1.01. The van der Waals surface area contributed by atoms with E-state index in [-0.39, 0.29) is 6.04 Å². The lowest BCUT2D eigenvalue weighted by Gasteiger charge is -2.18. The fourth-order valence-corrected chi connectivity index (χ4v) is 2.04. The quantitative estimate of drug-likeness (QED) is 0.703. The van der Waals surface area contributed by atoms with Crippen LogP contribution in [0.1, 0.15) is 51.6 Å². The van der Waals surface area contributed by atoms with Crippen LogP contribution in [0, 0.1) is 5.92 Å². The van der Waals surface area contributed by atoms with E-state index in [4.69, 9.17) is 0 Å². The summed E-state index contributed by atoms with van der Waals surface area (Å²) in [6, 6.07) is 7.87. The van der Waals surface area contributed by atoms with Gasteiger partial charge in [-0.15, -0.1) is 0 Å². The lowest BCUT2D eigenvalue weighted by Crippen LogP contribution is -2.22. The Balaban J connectivity index is 2.46. The summed E-state index contributed by atoms with van der Waals surface area (Å²) >= 11 is 0. The van der Waals surface area contributed by atoms with E-state index < -0.39 is 0 Å². The summed E-state index contributed by atoms with van der Waals surface area (Å²) in [6.07, 6.45) is 3.45. The molecular formula is C15H25NO. The van der Waals surface area contributed by atoms with E-state index in [2.05, 4.69) is 26.1 Å². The molecule has 0 amide bonds. The normalized spacial score (nSPS) is 12.9. The van der Waals surface area contributed by atoms with E-state index in [1.807, 2.05) is 18.2 Å². The highest BCUT2D eigenvalue weighted by Gasteiger charge is 2.11. The Labute approximate surface area is 105 Å². The number of benzene rings is 1. The van der Waals surface area contributed by atoms with Gasteiger partial charge in [-0.1, -0.05) is 39.0 Å². The van der Waals surface area contributed by atoms with Gasteiger partial charge in [0.1, 0.15) is 5.75 Å². The molecule has 2 N–H and O–H groups in total.